The lowest BCUT2D eigenvalue weighted by Crippen LogP contribution is -2.48. The van der Waals surface area contributed by atoms with E-state index >= 15 is 0 Å². The Morgan fingerprint density at radius 3 is 2.50 bits per heavy atom. The van der Waals surface area contributed by atoms with Crippen molar-refractivity contribution < 1.29 is 27.9 Å². The number of ether oxygens (including phenoxy) is 2. The molecule has 0 aliphatic rings. The summed E-state index contributed by atoms with van der Waals surface area (Å²) >= 11 is 0.744. The molecule has 0 aliphatic carbocycles. The number of hydrogen-bond donors (Lipinski definition) is 1. The van der Waals surface area contributed by atoms with Crippen LogP contribution >= 0.6 is 11.8 Å². The molecule has 2 aromatic rings. The zero-order chi connectivity index (χ0) is 19.3. The molecule has 140 valence electrons. The predicted molar refractivity (Wildman–Crippen MR) is 94.5 cm³/mol. The van der Waals surface area contributed by atoms with Crippen LogP contribution in [-0.2, 0) is 20.9 Å². The van der Waals surface area contributed by atoms with Crippen molar-refractivity contribution in [3.05, 3.63) is 46.7 Å². The average molecular weight is 381 g/mol. The number of thioether (sulfide) groups is 1. The molecule has 0 radical (unpaired) electrons. The van der Waals surface area contributed by atoms with Crippen molar-refractivity contribution in [2.45, 2.75) is 31.2 Å². The zero-order valence-electron chi connectivity index (χ0n) is 14.5. The molecule has 0 fully saturated rings. The van der Waals surface area contributed by atoms with E-state index in [9.17, 15) is 14.4 Å². The Labute approximate surface area is 153 Å². The largest absolute Gasteiger partial charge is 0.519 e. The molecular formula is C17H19NO7S. The van der Waals surface area contributed by atoms with E-state index in [4.69, 9.17) is 19.3 Å². The van der Waals surface area contributed by atoms with E-state index in [2.05, 4.69) is 4.74 Å². The second kappa shape index (κ2) is 8.24. The number of esters is 1. The third-order valence-corrected chi connectivity index (χ3v) is 4.62. The first-order chi connectivity index (χ1) is 12.2. The smallest absolute Gasteiger partial charge is 0.468 e. The van der Waals surface area contributed by atoms with Crippen molar-refractivity contribution in [1.82, 2.24) is 0 Å². The number of carbonyl (C=O) groups excluding carboxylic acids is 2. The van der Waals surface area contributed by atoms with E-state index in [0.29, 0.717) is 5.56 Å². The standard InChI is InChI=1S/C17H19NO7S/c1-17(2,13(18)14(19)22-3)26-16(21)23-9-11-12(25-15(20)24-11)10-7-5-4-6-8-10/h4-8,13H,9,18H2,1-3H3/t13-/m0/s1. The maximum Gasteiger partial charge on any atom is 0.519 e. The number of hydrogen-bond acceptors (Lipinski definition) is 9. The average Bonchev–Trinajstić information content (AvgIpc) is 2.99. The maximum absolute atomic E-state index is 12.1. The van der Waals surface area contributed by atoms with E-state index in [1.807, 2.05) is 6.07 Å². The third-order valence-electron chi connectivity index (χ3n) is 3.55. The van der Waals surface area contributed by atoms with Gasteiger partial charge in [0.2, 0.25) is 0 Å². The molecule has 1 aromatic heterocycles. The Balaban J connectivity index is 2.04. The molecule has 1 aromatic carbocycles. The van der Waals surface area contributed by atoms with Crippen LogP contribution in [0.2, 0.25) is 0 Å². The van der Waals surface area contributed by atoms with Gasteiger partial charge in [0.05, 0.1) is 7.11 Å². The Bertz CT molecular complexity index is 825. The second-order valence-electron chi connectivity index (χ2n) is 5.82. The fourth-order valence-electron chi connectivity index (χ4n) is 2.06. The van der Waals surface area contributed by atoms with Gasteiger partial charge < -0.3 is 24.0 Å². The minimum atomic E-state index is -1.02. The van der Waals surface area contributed by atoms with Gasteiger partial charge in [0, 0.05) is 10.3 Å². The van der Waals surface area contributed by atoms with E-state index in [1.165, 1.54) is 7.11 Å². The lowest BCUT2D eigenvalue weighted by molar-refractivity contribution is -0.142. The van der Waals surface area contributed by atoms with Crippen molar-refractivity contribution in [2.24, 2.45) is 5.73 Å². The van der Waals surface area contributed by atoms with Crippen LogP contribution < -0.4 is 11.6 Å². The van der Waals surface area contributed by atoms with Crippen molar-refractivity contribution in [1.29, 1.82) is 0 Å². The van der Waals surface area contributed by atoms with E-state index in [-0.39, 0.29) is 18.1 Å². The summed E-state index contributed by atoms with van der Waals surface area (Å²) in [6.45, 7) is 2.94. The van der Waals surface area contributed by atoms with Crippen LogP contribution in [0.5, 0.6) is 0 Å². The highest BCUT2D eigenvalue weighted by Crippen LogP contribution is 2.30. The van der Waals surface area contributed by atoms with Crippen LogP contribution in [-0.4, -0.2) is 29.2 Å². The zero-order valence-corrected chi connectivity index (χ0v) is 15.3. The summed E-state index contributed by atoms with van der Waals surface area (Å²) in [4.78, 5) is 35.0. The number of benzene rings is 1. The molecule has 1 heterocycles. The molecule has 2 N–H and O–H groups in total. The monoisotopic (exact) mass is 381 g/mol. The van der Waals surface area contributed by atoms with Crippen LogP contribution in [0.15, 0.2) is 44.0 Å². The highest BCUT2D eigenvalue weighted by molar-refractivity contribution is 8.14. The van der Waals surface area contributed by atoms with Crippen LogP contribution in [0.3, 0.4) is 0 Å². The fourth-order valence-corrected chi connectivity index (χ4v) is 2.83. The minimum Gasteiger partial charge on any atom is -0.468 e. The summed E-state index contributed by atoms with van der Waals surface area (Å²) in [6, 6.07) is 7.79. The molecule has 8 nitrogen and oxygen atoms in total. The predicted octanol–water partition coefficient (Wildman–Crippen LogP) is 2.55. The molecule has 0 amide bonds. The van der Waals surface area contributed by atoms with Gasteiger partial charge in [-0.3, -0.25) is 4.79 Å². The molecule has 0 saturated carbocycles. The van der Waals surface area contributed by atoms with Crippen LogP contribution in [0.1, 0.15) is 19.6 Å². The molecule has 0 bridgehead atoms. The minimum absolute atomic E-state index is 0.0882. The fraction of sp³-hybridized carbons (Fsp3) is 0.353. The van der Waals surface area contributed by atoms with Gasteiger partial charge in [0.15, 0.2) is 18.1 Å². The Hall–Kier alpha value is -2.52. The van der Waals surface area contributed by atoms with Crippen LogP contribution in [0.4, 0.5) is 4.79 Å². The van der Waals surface area contributed by atoms with Crippen molar-refractivity contribution in [3.63, 3.8) is 0 Å². The van der Waals surface area contributed by atoms with E-state index in [1.54, 1.807) is 38.1 Å². The molecule has 0 saturated heterocycles. The van der Waals surface area contributed by atoms with Crippen molar-refractivity contribution >= 4 is 23.0 Å². The first kappa shape index (κ1) is 19.8. The molecule has 1 atom stereocenters. The van der Waals surface area contributed by atoms with Crippen LogP contribution in [0.25, 0.3) is 11.3 Å². The SMILES string of the molecule is COC(=O)[C@H](N)C(C)(C)SC(=O)OCc1oc(=O)oc1-c1ccccc1. The number of rotatable bonds is 6. The molecule has 0 unspecified atom stereocenters. The van der Waals surface area contributed by atoms with Crippen LogP contribution in [0, 0.1) is 0 Å². The van der Waals surface area contributed by atoms with Crippen molar-refractivity contribution in [2.75, 3.05) is 7.11 Å². The van der Waals surface area contributed by atoms with Gasteiger partial charge in [-0.2, -0.15) is 0 Å². The highest BCUT2D eigenvalue weighted by atomic mass is 32.2. The molecule has 0 spiro atoms. The van der Waals surface area contributed by atoms with Gasteiger partial charge in [0.1, 0.15) is 6.04 Å². The van der Waals surface area contributed by atoms with E-state index < -0.39 is 27.9 Å². The van der Waals surface area contributed by atoms with Gasteiger partial charge >= 0.3 is 17.1 Å². The number of carbonyl (C=O) groups is 2. The highest BCUT2D eigenvalue weighted by Gasteiger charge is 2.36. The van der Waals surface area contributed by atoms with Gasteiger partial charge in [-0.1, -0.05) is 30.3 Å². The Kier molecular flexibility index (Phi) is 6.27. The molecule has 9 heteroatoms. The van der Waals surface area contributed by atoms with Gasteiger partial charge in [0.25, 0.3) is 0 Å². The second-order valence-corrected chi connectivity index (χ2v) is 7.41. The normalized spacial score (nSPS) is 12.5. The summed E-state index contributed by atoms with van der Waals surface area (Å²) in [5.41, 5.74) is 6.40. The topological polar surface area (TPSA) is 122 Å². The van der Waals surface area contributed by atoms with Gasteiger partial charge in [-0.25, -0.2) is 9.59 Å². The maximum atomic E-state index is 12.1. The third kappa shape index (κ3) is 4.77. The van der Waals surface area contributed by atoms with Gasteiger partial charge in [-0.15, -0.1) is 0 Å². The van der Waals surface area contributed by atoms with Crippen molar-refractivity contribution in [3.8, 4) is 11.3 Å². The summed E-state index contributed by atoms with van der Waals surface area (Å²) in [5, 5.41) is -0.683. The quantitative estimate of drug-likeness (QED) is 0.752. The number of methoxy groups -OCH3 is 1. The Morgan fingerprint density at radius 1 is 1.23 bits per heavy atom. The molecular weight excluding hydrogens is 362 g/mol. The summed E-state index contributed by atoms with van der Waals surface area (Å²) in [5.74, 6) is -1.25. The van der Waals surface area contributed by atoms with Gasteiger partial charge in [-0.05, 0) is 25.6 Å². The molecule has 2 rings (SSSR count). The van der Waals surface area contributed by atoms with E-state index in [0.717, 1.165) is 11.8 Å². The lowest BCUT2D eigenvalue weighted by atomic mass is 10.1. The lowest BCUT2D eigenvalue weighted by Gasteiger charge is -2.27. The summed E-state index contributed by atoms with van der Waals surface area (Å²) in [7, 11) is 1.22. The first-order valence-electron chi connectivity index (χ1n) is 7.62. The Morgan fingerprint density at radius 2 is 1.88 bits per heavy atom. The summed E-state index contributed by atoms with van der Waals surface area (Å²) in [6.07, 6.45) is 0. The molecule has 26 heavy (non-hydrogen) atoms. The number of nitrogens with two attached hydrogens (primary N) is 1. The summed E-state index contributed by atoms with van der Waals surface area (Å²) < 4.78 is 18.7. The molecule has 0 aliphatic heterocycles. The first-order valence-corrected chi connectivity index (χ1v) is 8.43.